The van der Waals surface area contributed by atoms with Crippen LogP contribution < -0.4 is 10.6 Å². The maximum atomic E-state index is 11.6. The summed E-state index contributed by atoms with van der Waals surface area (Å²) >= 11 is 1.80. The number of thioether (sulfide) groups is 1. The summed E-state index contributed by atoms with van der Waals surface area (Å²) in [5.41, 5.74) is 0. The van der Waals surface area contributed by atoms with Crippen molar-refractivity contribution in [1.82, 2.24) is 10.6 Å². The monoisotopic (exact) mass is 236 g/mol. The van der Waals surface area contributed by atoms with Gasteiger partial charge in [-0.25, -0.2) is 0 Å². The van der Waals surface area contributed by atoms with Crippen molar-refractivity contribution in [2.45, 2.75) is 30.6 Å². The smallest absolute Gasteiger partial charge is 0.233 e. The Labute approximate surface area is 95.2 Å². The van der Waals surface area contributed by atoms with Crippen molar-refractivity contribution in [3.05, 3.63) is 0 Å². The minimum absolute atomic E-state index is 0. The van der Waals surface area contributed by atoms with Crippen LogP contribution in [0.4, 0.5) is 0 Å². The Bertz CT molecular complexity index is 191. The highest BCUT2D eigenvalue weighted by atomic mass is 35.5. The summed E-state index contributed by atoms with van der Waals surface area (Å²) < 4.78 is 0. The highest BCUT2D eigenvalue weighted by Crippen LogP contribution is 2.26. The van der Waals surface area contributed by atoms with Crippen molar-refractivity contribution in [3.8, 4) is 0 Å². The first kappa shape index (κ1) is 12.1. The van der Waals surface area contributed by atoms with E-state index in [9.17, 15) is 4.79 Å². The molecule has 2 N–H and O–H groups in total. The van der Waals surface area contributed by atoms with Gasteiger partial charge in [-0.15, -0.1) is 24.2 Å². The van der Waals surface area contributed by atoms with E-state index < -0.39 is 0 Å². The summed E-state index contributed by atoms with van der Waals surface area (Å²) in [7, 11) is 0. The van der Waals surface area contributed by atoms with Crippen LogP contribution in [0.2, 0.25) is 0 Å². The Morgan fingerprint density at radius 1 is 1.43 bits per heavy atom. The van der Waals surface area contributed by atoms with Crippen LogP contribution in [-0.4, -0.2) is 36.0 Å². The summed E-state index contributed by atoms with van der Waals surface area (Å²) in [5.74, 6) is 1.41. The molecule has 2 aliphatic rings. The molecule has 0 radical (unpaired) electrons. The second-order valence-corrected chi connectivity index (χ2v) is 5.01. The van der Waals surface area contributed by atoms with Crippen molar-refractivity contribution < 1.29 is 4.79 Å². The lowest BCUT2D eigenvalue weighted by Gasteiger charge is -2.14. The minimum atomic E-state index is 0. The molecule has 2 unspecified atom stereocenters. The van der Waals surface area contributed by atoms with Gasteiger partial charge in [0.05, 0.1) is 5.25 Å². The topological polar surface area (TPSA) is 41.1 Å². The summed E-state index contributed by atoms with van der Waals surface area (Å²) in [6, 6.07) is 0.383. The minimum Gasteiger partial charge on any atom is -0.351 e. The molecule has 0 bridgehead atoms. The van der Waals surface area contributed by atoms with Crippen molar-refractivity contribution in [2.24, 2.45) is 0 Å². The van der Waals surface area contributed by atoms with E-state index in [1.165, 1.54) is 6.42 Å². The van der Waals surface area contributed by atoms with Crippen LogP contribution in [0.3, 0.4) is 0 Å². The van der Waals surface area contributed by atoms with E-state index >= 15 is 0 Å². The third-order valence-corrected chi connectivity index (χ3v) is 4.01. The molecule has 0 aromatic heterocycles. The maximum Gasteiger partial charge on any atom is 0.233 e. The number of carbonyl (C=O) groups is 1. The second-order valence-electron chi connectivity index (χ2n) is 3.70. The fraction of sp³-hybridized carbons (Fsp3) is 0.889. The van der Waals surface area contributed by atoms with Crippen molar-refractivity contribution >= 4 is 30.1 Å². The largest absolute Gasteiger partial charge is 0.351 e. The highest BCUT2D eigenvalue weighted by molar-refractivity contribution is 8.00. The molecule has 0 saturated carbocycles. The van der Waals surface area contributed by atoms with Gasteiger partial charge in [0.25, 0.3) is 0 Å². The fourth-order valence-electron chi connectivity index (χ4n) is 1.86. The molecule has 0 aromatic rings. The van der Waals surface area contributed by atoms with E-state index in [2.05, 4.69) is 10.6 Å². The molecule has 2 saturated heterocycles. The number of carbonyl (C=O) groups excluding carboxylic acids is 1. The summed E-state index contributed by atoms with van der Waals surface area (Å²) in [6.45, 7) is 1.99. The normalized spacial score (nSPS) is 31.1. The first-order valence-corrected chi connectivity index (χ1v) is 6.04. The molecule has 5 heteroatoms. The highest BCUT2D eigenvalue weighted by Gasteiger charge is 2.26. The van der Waals surface area contributed by atoms with E-state index in [1.54, 1.807) is 11.8 Å². The SMILES string of the molecule is Cl.O=C(NC1CCNC1)C1CCCS1. The Kier molecular flexibility index (Phi) is 5.06. The molecule has 2 atom stereocenters. The van der Waals surface area contributed by atoms with Crippen molar-refractivity contribution in [3.63, 3.8) is 0 Å². The number of rotatable bonds is 2. The van der Waals surface area contributed by atoms with Gasteiger partial charge in [0.1, 0.15) is 0 Å². The van der Waals surface area contributed by atoms with E-state index in [-0.39, 0.29) is 23.6 Å². The molecule has 82 valence electrons. The standard InChI is InChI=1S/C9H16N2OS.ClH/c12-9(8-2-1-5-13-8)11-7-3-4-10-6-7;/h7-8,10H,1-6H2,(H,11,12);1H. The van der Waals surface area contributed by atoms with Crippen LogP contribution in [0.1, 0.15) is 19.3 Å². The third kappa shape index (κ3) is 3.04. The van der Waals surface area contributed by atoms with Crippen LogP contribution in [0.25, 0.3) is 0 Å². The van der Waals surface area contributed by atoms with Gasteiger partial charge in [0.2, 0.25) is 5.91 Å². The first-order chi connectivity index (χ1) is 6.36. The third-order valence-electron chi connectivity index (χ3n) is 2.63. The lowest BCUT2D eigenvalue weighted by atomic mass is 10.2. The van der Waals surface area contributed by atoms with E-state index in [0.29, 0.717) is 6.04 Å². The molecule has 14 heavy (non-hydrogen) atoms. The van der Waals surface area contributed by atoms with Crippen LogP contribution in [0, 0.1) is 0 Å². The lowest BCUT2D eigenvalue weighted by molar-refractivity contribution is -0.121. The molecule has 2 aliphatic heterocycles. The lowest BCUT2D eigenvalue weighted by Crippen LogP contribution is -2.40. The molecular formula is C9H17ClN2OS. The summed E-state index contributed by atoms with van der Waals surface area (Å²) in [5, 5.41) is 6.58. The van der Waals surface area contributed by atoms with Crippen molar-refractivity contribution in [1.29, 1.82) is 0 Å². The van der Waals surface area contributed by atoms with Gasteiger partial charge in [-0.3, -0.25) is 4.79 Å². The predicted octanol–water partition coefficient (Wildman–Crippen LogP) is 0.782. The van der Waals surface area contributed by atoms with E-state index in [4.69, 9.17) is 0 Å². The number of amides is 1. The maximum absolute atomic E-state index is 11.6. The summed E-state index contributed by atoms with van der Waals surface area (Å²) in [4.78, 5) is 11.6. The van der Waals surface area contributed by atoms with Crippen molar-refractivity contribution in [2.75, 3.05) is 18.8 Å². The number of halogens is 1. The zero-order chi connectivity index (χ0) is 9.10. The van der Waals surface area contributed by atoms with Crippen LogP contribution in [0.5, 0.6) is 0 Å². The number of hydrogen-bond donors (Lipinski definition) is 2. The quantitative estimate of drug-likeness (QED) is 0.745. The zero-order valence-electron chi connectivity index (χ0n) is 8.12. The molecule has 2 fully saturated rings. The molecule has 2 rings (SSSR count). The van der Waals surface area contributed by atoms with Gasteiger partial charge >= 0.3 is 0 Å². The zero-order valence-corrected chi connectivity index (χ0v) is 9.76. The van der Waals surface area contributed by atoms with Crippen LogP contribution in [0.15, 0.2) is 0 Å². The number of hydrogen-bond acceptors (Lipinski definition) is 3. The Hall–Kier alpha value is 0.0700. The van der Waals surface area contributed by atoms with Gasteiger partial charge in [0.15, 0.2) is 0 Å². The van der Waals surface area contributed by atoms with Gasteiger partial charge in [0, 0.05) is 12.6 Å². The molecule has 3 nitrogen and oxygen atoms in total. The average Bonchev–Trinajstić information content (AvgIpc) is 2.74. The molecular weight excluding hydrogens is 220 g/mol. The Morgan fingerprint density at radius 3 is 2.86 bits per heavy atom. The molecule has 0 aromatic carbocycles. The molecule has 0 aliphatic carbocycles. The summed E-state index contributed by atoms with van der Waals surface area (Å²) in [6.07, 6.45) is 3.35. The predicted molar refractivity (Wildman–Crippen MR) is 62.1 cm³/mol. The first-order valence-electron chi connectivity index (χ1n) is 4.99. The van der Waals surface area contributed by atoms with Gasteiger partial charge in [-0.1, -0.05) is 0 Å². The van der Waals surface area contributed by atoms with Crippen LogP contribution >= 0.6 is 24.2 Å². The number of nitrogens with one attached hydrogen (secondary N) is 2. The van der Waals surface area contributed by atoms with Crippen LogP contribution in [-0.2, 0) is 4.79 Å². The average molecular weight is 237 g/mol. The molecule has 2 heterocycles. The van der Waals surface area contributed by atoms with Gasteiger partial charge < -0.3 is 10.6 Å². The molecule has 1 amide bonds. The van der Waals surface area contributed by atoms with Gasteiger partial charge in [-0.2, -0.15) is 0 Å². The Balaban J connectivity index is 0.000000980. The Morgan fingerprint density at radius 2 is 2.29 bits per heavy atom. The molecule has 0 spiro atoms. The van der Waals surface area contributed by atoms with E-state index in [1.807, 2.05) is 0 Å². The van der Waals surface area contributed by atoms with E-state index in [0.717, 1.165) is 31.7 Å². The van der Waals surface area contributed by atoms with Gasteiger partial charge in [-0.05, 0) is 31.6 Å². The second kappa shape index (κ2) is 5.83. The fourth-order valence-corrected chi connectivity index (χ4v) is 3.03.